The monoisotopic (exact) mass is 415 g/mol. The van der Waals surface area contributed by atoms with Gasteiger partial charge in [0.25, 0.3) is 5.91 Å². The fourth-order valence-electron chi connectivity index (χ4n) is 4.75. The Labute approximate surface area is 178 Å². The number of nitrogens with zero attached hydrogens (tertiary/aromatic N) is 3. The van der Waals surface area contributed by atoms with Gasteiger partial charge in [0.05, 0.1) is 29.0 Å². The van der Waals surface area contributed by atoms with Crippen molar-refractivity contribution < 1.29 is 9.53 Å². The normalized spacial score (nSPS) is 24.2. The van der Waals surface area contributed by atoms with E-state index in [1.165, 1.54) is 0 Å². The number of fused-ring (bicyclic) bond motifs is 1. The summed E-state index contributed by atoms with van der Waals surface area (Å²) in [5.74, 6) is 0.732. The summed E-state index contributed by atoms with van der Waals surface area (Å²) in [5, 5.41) is 1.58. The summed E-state index contributed by atoms with van der Waals surface area (Å²) in [6.07, 6.45) is 2.71. The van der Waals surface area contributed by atoms with Gasteiger partial charge in [0.1, 0.15) is 0 Å². The highest BCUT2D eigenvalue weighted by atomic mass is 35.5. The second-order valence-electron chi connectivity index (χ2n) is 8.67. The van der Waals surface area contributed by atoms with Gasteiger partial charge in [0.2, 0.25) is 0 Å². The first-order chi connectivity index (χ1) is 13.9. The van der Waals surface area contributed by atoms with Crippen molar-refractivity contribution in [2.24, 2.45) is 5.92 Å². The second kappa shape index (κ2) is 8.58. The Hall–Kier alpha value is -1.69. The molecular formula is C23H30ClN3O2. The molecule has 0 aliphatic carbocycles. The maximum Gasteiger partial charge on any atom is 0.255 e. The van der Waals surface area contributed by atoms with Crippen LogP contribution in [0.4, 0.5) is 0 Å². The molecular weight excluding hydrogens is 386 g/mol. The van der Waals surface area contributed by atoms with Crippen molar-refractivity contribution in [2.75, 3.05) is 32.7 Å². The number of benzene rings is 1. The number of rotatable bonds is 3. The van der Waals surface area contributed by atoms with Crippen LogP contribution in [0.25, 0.3) is 10.9 Å². The van der Waals surface area contributed by atoms with E-state index in [2.05, 4.69) is 23.7 Å². The zero-order chi connectivity index (χ0) is 20.5. The molecule has 156 valence electrons. The Morgan fingerprint density at radius 1 is 1.17 bits per heavy atom. The molecule has 5 nitrogen and oxygen atoms in total. The first kappa shape index (κ1) is 20.6. The SMILES string of the molecule is Cc1nc2ccc(Cl)cc2cc1C(=O)N1CCC(CN2CC(C)OC(C)C2)CC1. The number of likely N-dealkylation sites (tertiary alicyclic amines) is 1. The van der Waals surface area contributed by atoms with E-state index in [1.54, 1.807) is 0 Å². The van der Waals surface area contributed by atoms with Gasteiger partial charge in [0.15, 0.2) is 0 Å². The molecule has 4 rings (SSSR count). The van der Waals surface area contributed by atoms with Crippen LogP contribution in [0.15, 0.2) is 24.3 Å². The Bertz CT molecular complexity index is 885. The lowest BCUT2D eigenvalue weighted by Gasteiger charge is -2.39. The molecule has 0 spiro atoms. The molecule has 2 aliphatic heterocycles. The molecule has 29 heavy (non-hydrogen) atoms. The average molecular weight is 416 g/mol. The van der Waals surface area contributed by atoms with E-state index < -0.39 is 0 Å². The third-order valence-corrected chi connectivity index (χ3v) is 6.35. The van der Waals surface area contributed by atoms with Gasteiger partial charge < -0.3 is 9.64 Å². The molecule has 0 saturated carbocycles. The van der Waals surface area contributed by atoms with Gasteiger partial charge in [-0.1, -0.05) is 11.6 Å². The first-order valence-electron chi connectivity index (χ1n) is 10.6. The summed E-state index contributed by atoms with van der Waals surface area (Å²) in [6.45, 7) is 11.0. The summed E-state index contributed by atoms with van der Waals surface area (Å²) in [5.41, 5.74) is 2.34. The van der Waals surface area contributed by atoms with E-state index in [1.807, 2.05) is 36.1 Å². The van der Waals surface area contributed by atoms with Crippen molar-refractivity contribution in [2.45, 2.75) is 45.8 Å². The number of hydrogen-bond donors (Lipinski definition) is 0. The van der Waals surface area contributed by atoms with Gasteiger partial charge in [-0.25, -0.2) is 0 Å². The van der Waals surface area contributed by atoms with Crippen molar-refractivity contribution >= 4 is 28.4 Å². The number of hydrogen-bond acceptors (Lipinski definition) is 4. The highest BCUT2D eigenvalue weighted by molar-refractivity contribution is 6.31. The number of carbonyl (C=O) groups excluding carboxylic acids is 1. The van der Waals surface area contributed by atoms with Crippen LogP contribution in [-0.4, -0.2) is 65.6 Å². The molecule has 2 aromatic rings. The van der Waals surface area contributed by atoms with E-state index in [-0.39, 0.29) is 5.91 Å². The summed E-state index contributed by atoms with van der Waals surface area (Å²) in [7, 11) is 0. The topological polar surface area (TPSA) is 45.7 Å². The Morgan fingerprint density at radius 3 is 2.55 bits per heavy atom. The maximum atomic E-state index is 13.2. The third kappa shape index (κ3) is 4.73. The minimum Gasteiger partial charge on any atom is -0.373 e. The van der Waals surface area contributed by atoms with E-state index in [4.69, 9.17) is 16.3 Å². The Morgan fingerprint density at radius 2 is 1.86 bits per heavy atom. The predicted molar refractivity (Wildman–Crippen MR) is 117 cm³/mol. The fraction of sp³-hybridized carbons (Fsp3) is 0.565. The first-order valence-corrected chi connectivity index (χ1v) is 11.0. The largest absolute Gasteiger partial charge is 0.373 e. The second-order valence-corrected chi connectivity index (χ2v) is 9.11. The summed E-state index contributed by atoms with van der Waals surface area (Å²) < 4.78 is 5.84. The minimum absolute atomic E-state index is 0.0870. The molecule has 6 heteroatoms. The lowest BCUT2D eigenvalue weighted by molar-refractivity contribution is -0.0728. The average Bonchev–Trinajstić information content (AvgIpc) is 2.67. The Balaban J connectivity index is 1.39. The van der Waals surface area contributed by atoms with Gasteiger partial charge >= 0.3 is 0 Å². The summed E-state index contributed by atoms with van der Waals surface area (Å²) in [4.78, 5) is 22.3. The molecule has 0 N–H and O–H groups in total. The number of piperidine rings is 1. The van der Waals surface area contributed by atoms with Crippen LogP contribution < -0.4 is 0 Å². The number of carbonyl (C=O) groups is 1. The maximum absolute atomic E-state index is 13.2. The van der Waals surface area contributed by atoms with Crippen molar-refractivity contribution in [1.82, 2.24) is 14.8 Å². The highest BCUT2D eigenvalue weighted by Gasteiger charge is 2.29. The minimum atomic E-state index is 0.0870. The molecule has 0 radical (unpaired) electrons. The van der Waals surface area contributed by atoms with Crippen LogP contribution >= 0.6 is 11.6 Å². The molecule has 2 atom stereocenters. The molecule has 2 unspecified atom stereocenters. The number of amides is 1. The van der Waals surface area contributed by atoms with Crippen LogP contribution in [0.2, 0.25) is 5.02 Å². The number of pyridine rings is 1. The molecule has 3 heterocycles. The smallest absolute Gasteiger partial charge is 0.255 e. The molecule has 2 fully saturated rings. The van der Waals surface area contributed by atoms with Crippen LogP contribution in [-0.2, 0) is 4.74 Å². The van der Waals surface area contributed by atoms with E-state index in [0.29, 0.717) is 28.7 Å². The summed E-state index contributed by atoms with van der Waals surface area (Å²) >= 11 is 6.12. The van der Waals surface area contributed by atoms with Gasteiger partial charge in [-0.15, -0.1) is 0 Å². The predicted octanol–water partition coefficient (Wildman–Crippen LogP) is 4.16. The number of aromatic nitrogens is 1. The van der Waals surface area contributed by atoms with Crippen molar-refractivity contribution in [3.05, 3.63) is 40.5 Å². The lowest BCUT2D eigenvalue weighted by atomic mass is 9.95. The molecule has 1 aromatic heterocycles. The number of halogens is 1. The molecule has 1 amide bonds. The van der Waals surface area contributed by atoms with Crippen molar-refractivity contribution in [1.29, 1.82) is 0 Å². The molecule has 0 bridgehead atoms. The van der Waals surface area contributed by atoms with Gasteiger partial charge in [-0.2, -0.15) is 0 Å². The number of morpholine rings is 1. The van der Waals surface area contributed by atoms with Crippen LogP contribution in [0.1, 0.15) is 42.7 Å². The van der Waals surface area contributed by atoms with Gasteiger partial charge in [-0.05, 0) is 63.8 Å². The quantitative estimate of drug-likeness (QED) is 0.755. The summed E-state index contributed by atoms with van der Waals surface area (Å²) in [6, 6.07) is 7.54. The third-order valence-electron chi connectivity index (χ3n) is 6.11. The standard InChI is InChI=1S/C23H30ClN3O2/c1-15-12-26(13-16(2)29-15)14-18-6-8-27(9-7-18)23(28)21-11-19-10-20(24)4-5-22(19)25-17(21)3/h4-5,10-11,15-16,18H,6-9,12-14H2,1-3H3. The number of ether oxygens (including phenoxy) is 1. The van der Waals surface area contributed by atoms with Crippen molar-refractivity contribution in [3.63, 3.8) is 0 Å². The van der Waals surface area contributed by atoms with Crippen LogP contribution in [0, 0.1) is 12.8 Å². The number of aryl methyl sites for hydroxylation is 1. The van der Waals surface area contributed by atoms with E-state index in [0.717, 1.165) is 62.2 Å². The molecule has 1 aromatic carbocycles. The molecule has 2 saturated heterocycles. The van der Waals surface area contributed by atoms with Crippen molar-refractivity contribution in [3.8, 4) is 0 Å². The fourth-order valence-corrected chi connectivity index (χ4v) is 4.93. The van der Waals surface area contributed by atoms with Gasteiger partial charge in [0, 0.05) is 43.1 Å². The highest BCUT2D eigenvalue weighted by Crippen LogP contribution is 2.25. The zero-order valence-corrected chi connectivity index (χ0v) is 18.3. The zero-order valence-electron chi connectivity index (χ0n) is 17.5. The Kier molecular flexibility index (Phi) is 6.09. The van der Waals surface area contributed by atoms with E-state index >= 15 is 0 Å². The van der Waals surface area contributed by atoms with Gasteiger partial charge in [-0.3, -0.25) is 14.7 Å². The molecule has 2 aliphatic rings. The van der Waals surface area contributed by atoms with Crippen LogP contribution in [0.3, 0.4) is 0 Å². The lowest BCUT2D eigenvalue weighted by Crippen LogP contribution is -2.48. The van der Waals surface area contributed by atoms with Crippen LogP contribution in [0.5, 0.6) is 0 Å². The van der Waals surface area contributed by atoms with E-state index in [9.17, 15) is 4.79 Å².